The first kappa shape index (κ1) is 15.9. The molecule has 1 amide bonds. The molecule has 2 aromatic rings. The van der Waals surface area contributed by atoms with Crippen LogP contribution in [0.4, 0.5) is 5.13 Å². The maximum absolute atomic E-state index is 11.9. The van der Waals surface area contributed by atoms with Gasteiger partial charge in [-0.3, -0.25) is 4.79 Å². The van der Waals surface area contributed by atoms with Crippen molar-refractivity contribution in [3.8, 4) is 0 Å². The molecule has 1 heterocycles. The maximum atomic E-state index is 11.9. The van der Waals surface area contributed by atoms with Crippen LogP contribution in [-0.2, 0) is 11.2 Å². The third-order valence-electron chi connectivity index (χ3n) is 3.13. The summed E-state index contributed by atoms with van der Waals surface area (Å²) >= 11 is 7.27. The Balaban J connectivity index is 1.95. The molecule has 0 aliphatic carbocycles. The van der Waals surface area contributed by atoms with Gasteiger partial charge in [-0.2, -0.15) is 0 Å². The van der Waals surface area contributed by atoms with Crippen molar-refractivity contribution < 1.29 is 4.79 Å². The van der Waals surface area contributed by atoms with E-state index in [1.54, 1.807) is 0 Å². The molecule has 0 spiro atoms. The van der Waals surface area contributed by atoms with Gasteiger partial charge in [-0.25, -0.2) is 0 Å². The van der Waals surface area contributed by atoms with Crippen molar-refractivity contribution in [1.82, 2.24) is 10.2 Å². The number of nitrogens with one attached hydrogen (secondary N) is 1. The molecule has 4 nitrogen and oxygen atoms in total. The predicted molar refractivity (Wildman–Crippen MR) is 86.9 cm³/mol. The van der Waals surface area contributed by atoms with Crippen LogP contribution in [0.25, 0.3) is 0 Å². The number of amides is 1. The van der Waals surface area contributed by atoms with E-state index in [0.29, 0.717) is 16.6 Å². The van der Waals surface area contributed by atoms with Crippen molar-refractivity contribution in [2.75, 3.05) is 5.32 Å². The number of benzene rings is 1. The van der Waals surface area contributed by atoms with Crippen LogP contribution >= 0.6 is 22.9 Å². The summed E-state index contributed by atoms with van der Waals surface area (Å²) in [4.78, 5) is 11.9. The van der Waals surface area contributed by atoms with E-state index in [1.165, 1.54) is 11.3 Å². The number of hydrogen-bond donors (Lipinski definition) is 1. The van der Waals surface area contributed by atoms with Gasteiger partial charge in [-0.1, -0.05) is 55.3 Å². The summed E-state index contributed by atoms with van der Waals surface area (Å²) in [5, 5.41) is 13.1. The largest absolute Gasteiger partial charge is 0.300 e. The molecular weight excluding hydrogens is 306 g/mol. The second-order valence-electron chi connectivity index (χ2n) is 4.98. The summed E-state index contributed by atoms with van der Waals surface area (Å²) in [6, 6.07) is 7.64. The third-order valence-corrected chi connectivity index (χ3v) is 4.23. The van der Waals surface area contributed by atoms with Crippen LogP contribution in [0.1, 0.15) is 37.3 Å². The van der Waals surface area contributed by atoms with Crippen LogP contribution in [-0.4, -0.2) is 16.1 Å². The van der Waals surface area contributed by atoms with Gasteiger partial charge in [0.05, 0.1) is 0 Å². The Morgan fingerprint density at radius 3 is 2.71 bits per heavy atom. The number of nitrogens with zero attached hydrogens (tertiary/aromatic N) is 2. The summed E-state index contributed by atoms with van der Waals surface area (Å²) in [5.74, 6) is 0.00431. The highest BCUT2D eigenvalue weighted by Crippen LogP contribution is 2.20. The van der Waals surface area contributed by atoms with E-state index in [9.17, 15) is 4.79 Å². The van der Waals surface area contributed by atoms with Crippen LogP contribution in [0, 0.1) is 5.92 Å². The van der Waals surface area contributed by atoms with E-state index in [1.807, 2.05) is 31.2 Å². The summed E-state index contributed by atoms with van der Waals surface area (Å²) in [6.07, 6.45) is 2.56. The highest BCUT2D eigenvalue weighted by Gasteiger charge is 2.14. The average Bonchev–Trinajstić information content (AvgIpc) is 2.89. The first-order valence-electron chi connectivity index (χ1n) is 6.96. The molecule has 0 saturated carbocycles. The van der Waals surface area contributed by atoms with Gasteiger partial charge in [-0.05, 0) is 24.1 Å². The molecule has 112 valence electrons. The predicted octanol–water partition coefficient (Wildman–Crippen LogP) is 4.16. The molecule has 0 radical (unpaired) electrons. The van der Waals surface area contributed by atoms with Crippen LogP contribution in [0.2, 0.25) is 5.02 Å². The molecule has 21 heavy (non-hydrogen) atoms. The molecule has 1 aromatic heterocycles. The zero-order valence-corrected chi connectivity index (χ0v) is 13.7. The van der Waals surface area contributed by atoms with Gasteiger partial charge in [0, 0.05) is 17.4 Å². The first-order valence-corrected chi connectivity index (χ1v) is 8.15. The monoisotopic (exact) mass is 323 g/mol. The molecule has 1 atom stereocenters. The quantitative estimate of drug-likeness (QED) is 0.868. The van der Waals surface area contributed by atoms with Gasteiger partial charge in [0.15, 0.2) is 0 Å². The highest BCUT2D eigenvalue weighted by molar-refractivity contribution is 7.15. The summed E-state index contributed by atoms with van der Waals surface area (Å²) in [6.45, 7) is 3.99. The zero-order valence-electron chi connectivity index (χ0n) is 12.1. The Morgan fingerprint density at radius 2 is 2.05 bits per heavy atom. The van der Waals surface area contributed by atoms with Crippen molar-refractivity contribution in [3.05, 3.63) is 39.9 Å². The fourth-order valence-corrected chi connectivity index (χ4v) is 2.85. The minimum Gasteiger partial charge on any atom is -0.300 e. The van der Waals surface area contributed by atoms with E-state index in [-0.39, 0.29) is 11.8 Å². The van der Waals surface area contributed by atoms with Gasteiger partial charge >= 0.3 is 0 Å². The lowest BCUT2D eigenvalue weighted by molar-refractivity contribution is -0.119. The number of hydrogen-bond acceptors (Lipinski definition) is 4. The Morgan fingerprint density at radius 1 is 1.33 bits per heavy atom. The Hall–Kier alpha value is -1.46. The minimum absolute atomic E-state index is 0.00128. The fraction of sp³-hybridized carbons (Fsp3) is 0.400. The summed E-state index contributed by atoms with van der Waals surface area (Å²) in [7, 11) is 0. The van der Waals surface area contributed by atoms with Gasteiger partial charge < -0.3 is 5.32 Å². The second kappa shape index (κ2) is 7.52. The van der Waals surface area contributed by atoms with Crippen molar-refractivity contribution in [2.45, 2.75) is 33.1 Å². The number of carbonyl (C=O) groups excluding carboxylic acids is 1. The number of carbonyl (C=O) groups is 1. The summed E-state index contributed by atoms with van der Waals surface area (Å²) < 4.78 is 0. The Bertz CT molecular complexity index is 597. The van der Waals surface area contributed by atoms with Gasteiger partial charge in [0.1, 0.15) is 5.01 Å². The Kier molecular flexibility index (Phi) is 5.70. The Labute approximate surface area is 133 Å². The second-order valence-corrected chi connectivity index (χ2v) is 6.48. The lowest BCUT2D eigenvalue weighted by Crippen LogP contribution is -2.20. The van der Waals surface area contributed by atoms with E-state index < -0.39 is 0 Å². The molecule has 0 aliphatic heterocycles. The van der Waals surface area contributed by atoms with Crippen LogP contribution in [0.15, 0.2) is 24.3 Å². The van der Waals surface area contributed by atoms with Crippen molar-refractivity contribution in [3.63, 3.8) is 0 Å². The maximum Gasteiger partial charge on any atom is 0.229 e. The molecule has 2 rings (SSSR count). The molecule has 0 aliphatic rings. The first-order chi connectivity index (χ1) is 10.1. The normalized spacial score (nSPS) is 12.1. The van der Waals surface area contributed by atoms with E-state index in [0.717, 1.165) is 23.4 Å². The van der Waals surface area contributed by atoms with Crippen LogP contribution < -0.4 is 5.32 Å². The van der Waals surface area contributed by atoms with E-state index in [4.69, 9.17) is 11.6 Å². The molecule has 1 aromatic carbocycles. The SMILES string of the molecule is CCCC(C)C(=O)Nc1nnc(Cc2ccc(Cl)cc2)s1. The van der Waals surface area contributed by atoms with Crippen molar-refractivity contribution in [1.29, 1.82) is 0 Å². The molecule has 1 unspecified atom stereocenters. The van der Waals surface area contributed by atoms with E-state index >= 15 is 0 Å². The summed E-state index contributed by atoms with van der Waals surface area (Å²) in [5.41, 5.74) is 1.12. The number of anilines is 1. The lowest BCUT2D eigenvalue weighted by atomic mass is 10.1. The van der Waals surface area contributed by atoms with Crippen molar-refractivity contribution >= 4 is 34.0 Å². The molecule has 0 saturated heterocycles. The minimum atomic E-state index is -0.00128. The van der Waals surface area contributed by atoms with Gasteiger partial charge in [-0.15, -0.1) is 10.2 Å². The van der Waals surface area contributed by atoms with E-state index in [2.05, 4.69) is 22.4 Å². The number of halogens is 1. The van der Waals surface area contributed by atoms with Crippen LogP contribution in [0.3, 0.4) is 0 Å². The average molecular weight is 324 g/mol. The smallest absolute Gasteiger partial charge is 0.229 e. The lowest BCUT2D eigenvalue weighted by Gasteiger charge is -2.07. The highest BCUT2D eigenvalue weighted by atomic mass is 35.5. The molecule has 1 N–H and O–H groups in total. The van der Waals surface area contributed by atoms with Crippen LogP contribution in [0.5, 0.6) is 0 Å². The fourth-order valence-electron chi connectivity index (χ4n) is 1.95. The standard InChI is InChI=1S/C15H18ClN3OS/c1-3-4-10(2)14(20)17-15-19-18-13(21-15)9-11-5-7-12(16)8-6-11/h5-8,10H,3-4,9H2,1-2H3,(H,17,19,20). The number of aromatic nitrogens is 2. The molecular formula is C15H18ClN3OS. The third kappa shape index (κ3) is 4.79. The molecule has 0 fully saturated rings. The van der Waals surface area contributed by atoms with Gasteiger partial charge in [0.2, 0.25) is 11.0 Å². The molecule has 6 heteroatoms. The zero-order chi connectivity index (χ0) is 15.2. The number of rotatable bonds is 6. The van der Waals surface area contributed by atoms with Gasteiger partial charge in [0.25, 0.3) is 0 Å². The topological polar surface area (TPSA) is 54.9 Å². The molecule has 0 bridgehead atoms. The van der Waals surface area contributed by atoms with Crippen molar-refractivity contribution in [2.24, 2.45) is 5.92 Å².